The van der Waals surface area contributed by atoms with Crippen molar-refractivity contribution in [1.82, 2.24) is 29.3 Å². The van der Waals surface area contributed by atoms with E-state index in [1.807, 2.05) is 29.3 Å². The van der Waals surface area contributed by atoms with Gasteiger partial charge in [-0.2, -0.15) is 5.10 Å². The minimum absolute atomic E-state index is 0.0196. The molecule has 1 N–H and O–H groups in total. The van der Waals surface area contributed by atoms with Gasteiger partial charge in [0.1, 0.15) is 15.7 Å². The van der Waals surface area contributed by atoms with Crippen LogP contribution in [0.15, 0.2) is 22.3 Å². The molecule has 0 radical (unpaired) electrons. The number of nitrogens with zero attached hydrogens (tertiary/aromatic N) is 5. The Hall–Kier alpha value is -2.33. The molecule has 0 atom stereocenters. The summed E-state index contributed by atoms with van der Waals surface area (Å²) >= 11 is 2.67. The van der Waals surface area contributed by atoms with E-state index in [0.29, 0.717) is 29.6 Å². The lowest BCUT2D eigenvalue weighted by Gasteiger charge is -2.31. The molecular formula is C16H18N6O2S2. The first-order chi connectivity index (χ1) is 12.6. The molecule has 1 aliphatic rings. The van der Waals surface area contributed by atoms with Crippen LogP contribution in [-0.4, -0.2) is 48.2 Å². The molecule has 4 rings (SSSR count). The van der Waals surface area contributed by atoms with Crippen LogP contribution in [0.25, 0.3) is 5.00 Å². The maximum Gasteiger partial charge on any atom is 0.348 e. The second-order valence-electron chi connectivity index (χ2n) is 6.36. The van der Waals surface area contributed by atoms with Crippen LogP contribution >= 0.6 is 22.9 Å². The Labute approximate surface area is 157 Å². The van der Waals surface area contributed by atoms with Gasteiger partial charge in [0, 0.05) is 19.5 Å². The number of rotatable bonds is 4. The highest BCUT2D eigenvalue weighted by Crippen LogP contribution is 2.24. The quantitative estimate of drug-likeness (QED) is 0.734. The third kappa shape index (κ3) is 3.21. The van der Waals surface area contributed by atoms with Crippen molar-refractivity contribution in [2.24, 2.45) is 5.92 Å². The first kappa shape index (κ1) is 17.1. The van der Waals surface area contributed by atoms with E-state index >= 15 is 0 Å². The molecule has 136 valence electrons. The van der Waals surface area contributed by atoms with Crippen molar-refractivity contribution in [3.63, 3.8) is 0 Å². The Morgan fingerprint density at radius 1 is 1.38 bits per heavy atom. The monoisotopic (exact) mass is 390 g/mol. The first-order valence-corrected chi connectivity index (χ1v) is 10.1. The molecule has 0 saturated carbocycles. The highest BCUT2D eigenvalue weighted by atomic mass is 32.1. The van der Waals surface area contributed by atoms with E-state index in [2.05, 4.69) is 19.8 Å². The molecule has 3 aromatic heterocycles. The SMILES string of the molecule is Cc1nnsc1C(=O)N1CCC(Cc2n[nH]c(=O)n2-c2cccs2)CC1. The summed E-state index contributed by atoms with van der Waals surface area (Å²) in [5.74, 6) is 1.17. The number of piperidine rings is 1. The lowest BCUT2D eigenvalue weighted by molar-refractivity contribution is 0.0693. The number of nitrogens with one attached hydrogen (secondary N) is 1. The number of thiophene rings is 1. The van der Waals surface area contributed by atoms with Crippen LogP contribution in [0.1, 0.15) is 34.0 Å². The second kappa shape index (κ2) is 7.12. The number of aromatic nitrogens is 5. The van der Waals surface area contributed by atoms with Crippen LogP contribution < -0.4 is 5.69 Å². The number of hydrogen-bond donors (Lipinski definition) is 1. The second-order valence-corrected chi connectivity index (χ2v) is 8.04. The molecule has 0 bridgehead atoms. The van der Waals surface area contributed by atoms with E-state index in [4.69, 9.17) is 0 Å². The van der Waals surface area contributed by atoms with Crippen molar-refractivity contribution in [3.8, 4) is 5.00 Å². The number of aromatic amines is 1. The van der Waals surface area contributed by atoms with Crippen LogP contribution in [0.2, 0.25) is 0 Å². The van der Waals surface area contributed by atoms with Crippen molar-refractivity contribution in [2.75, 3.05) is 13.1 Å². The Kier molecular flexibility index (Phi) is 4.68. The average molecular weight is 390 g/mol. The molecule has 1 fully saturated rings. The molecule has 1 amide bonds. The van der Waals surface area contributed by atoms with Crippen molar-refractivity contribution in [3.05, 3.63) is 44.4 Å². The zero-order valence-corrected chi connectivity index (χ0v) is 15.8. The number of likely N-dealkylation sites (tertiary alicyclic amines) is 1. The summed E-state index contributed by atoms with van der Waals surface area (Å²) in [5, 5.41) is 13.5. The summed E-state index contributed by atoms with van der Waals surface area (Å²) in [5.41, 5.74) is 0.488. The third-order valence-electron chi connectivity index (χ3n) is 4.69. The van der Waals surface area contributed by atoms with Gasteiger partial charge in [-0.15, -0.1) is 16.4 Å². The Morgan fingerprint density at radius 2 is 2.19 bits per heavy atom. The molecule has 0 unspecified atom stereocenters. The summed E-state index contributed by atoms with van der Waals surface area (Å²) in [6, 6.07) is 3.83. The van der Waals surface area contributed by atoms with Gasteiger partial charge in [0.25, 0.3) is 5.91 Å². The molecular weight excluding hydrogens is 372 g/mol. The van der Waals surface area contributed by atoms with E-state index in [0.717, 1.165) is 41.6 Å². The normalized spacial score (nSPS) is 15.5. The number of carbonyl (C=O) groups is 1. The number of hydrogen-bond acceptors (Lipinski definition) is 7. The van der Waals surface area contributed by atoms with Gasteiger partial charge in [0.15, 0.2) is 0 Å². The van der Waals surface area contributed by atoms with E-state index in [1.54, 1.807) is 4.57 Å². The predicted molar refractivity (Wildman–Crippen MR) is 99.0 cm³/mol. The number of aryl methyl sites for hydroxylation is 1. The summed E-state index contributed by atoms with van der Waals surface area (Å²) in [4.78, 5) is 27.1. The van der Waals surface area contributed by atoms with E-state index in [-0.39, 0.29) is 11.6 Å². The molecule has 1 saturated heterocycles. The molecule has 26 heavy (non-hydrogen) atoms. The van der Waals surface area contributed by atoms with E-state index < -0.39 is 0 Å². The minimum atomic E-state index is -0.205. The predicted octanol–water partition coefficient (Wildman–Crippen LogP) is 1.88. The maximum atomic E-state index is 12.6. The molecule has 8 nitrogen and oxygen atoms in total. The Balaban J connectivity index is 1.42. The van der Waals surface area contributed by atoms with Crippen LogP contribution in [0, 0.1) is 12.8 Å². The van der Waals surface area contributed by atoms with Crippen molar-refractivity contribution >= 4 is 28.8 Å². The average Bonchev–Trinajstić information content (AvgIpc) is 3.37. The zero-order valence-electron chi connectivity index (χ0n) is 14.2. The zero-order chi connectivity index (χ0) is 18.1. The van der Waals surface area contributed by atoms with Crippen molar-refractivity contribution < 1.29 is 4.79 Å². The third-order valence-corrected chi connectivity index (χ3v) is 6.36. The summed E-state index contributed by atoms with van der Waals surface area (Å²) in [6.45, 7) is 3.22. The molecule has 1 aliphatic heterocycles. The van der Waals surface area contributed by atoms with E-state index in [9.17, 15) is 9.59 Å². The fourth-order valence-electron chi connectivity index (χ4n) is 3.26. The molecule has 3 aromatic rings. The maximum absolute atomic E-state index is 12.6. The lowest BCUT2D eigenvalue weighted by Crippen LogP contribution is -2.39. The van der Waals surface area contributed by atoms with Gasteiger partial charge in [-0.1, -0.05) is 4.49 Å². The molecule has 4 heterocycles. The van der Waals surface area contributed by atoms with Gasteiger partial charge >= 0.3 is 5.69 Å². The van der Waals surface area contributed by atoms with Gasteiger partial charge in [0.2, 0.25) is 0 Å². The largest absolute Gasteiger partial charge is 0.348 e. The van der Waals surface area contributed by atoms with Gasteiger partial charge in [-0.05, 0) is 54.7 Å². The lowest BCUT2D eigenvalue weighted by atomic mass is 9.93. The molecule has 10 heteroatoms. The number of amides is 1. The molecule has 0 aliphatic carbocycles. The highest BCUT2D eigenvalue weighted by molar-refractivity contribution is 7.12. The van der Waals surface area contributed by atoms with Gasteiger partial charge < -0.3 is 4.90 Å². The summed E-state index contributed by atoms with van der Waals surface area (Å²) in [7, 11) is 0. The minimum Gasteiger partial charge on any atom is -0.338 e. The van der Waals surface area contributed by atoms with Crippen LogP contribution in [0.4, 0.5) is 0 Å². The van der Waals surface area contributed by atoms with Crippen LogP contribution in [0.5, 0.6) is 0 Å². The van der Waals surface area contributed by atoms with Gasteiger partial charge in [-0.25, -0.2) is 14.5 Å². The highest BCUT2D eigenvalue weighted by Gasteiger charge is 2.27. The van der Waals surface area contributed by atoms with Crippen LogP contribution in [-0.2, 0) is 6.42 Å². The number of H-pyrrole nitrogens is 1. The summed E-state index contributed by atoms with van der Waals surface area (Å²) < 4.78 is 5.49. The number of carbonyl (C=O) groups excluding carboxylic acids is 1. The Bertz CT molecular complexity index is 950. The van der Waals surface area contributed by atoms with Gasteiger partial charge in [0.05, 0.1) is 5.69 Å². The van der Waals surface area contributed by atoms with Crippen molar-refractivity contribution in [1.29, 1.82) is 0 Å². The molecule has 0 spiro atoms. The Morgan fingerprint density at radius 3 is 2.85 bits per heavy atom. The molecule has 0 aromatic carbocycles. The van der Waals surface area contributed by atoms with Crippen LogP contribution in [0.3, 0.4) is 0 Å². The van der Waals surface area contributed by atoms with E-state index in [1.165, 1.54) is 11.3 Å². The first-order valence-electron chi connectivity index (χ1n) is 8.42. The fraction of sp³-hybridized carbons (Fsp3) is 0.438. The topological polar surface area (TPSA) is 96.8 Å². The smallest absolute Gasteiger partial charge is 0.338 e. The standard InChI is InChI=1S/C16H18N6O2S2/c1-10-14(26-20-17-10)15(23)21-6-4-11(5-7-21)9-12-18-19-16(24)22(12)13-3-2-8-25-13/h2-3,8,11H,4-7,9H2,1H3,(H,19,24). The summed E-state index contributed by atoms with van der Waals surface area (Å²) in [6.07, 6.45) is 2.50. The van der Waals surface area contributed by atoms with Crippen molar-refractivity contribution in [2.45, 2.75) is 26.2 Å². The fourth-order valence-corrected chi connectivity index (χ4v) is 4.63. The van der Waals surface area contributed by atoms with Gasteiger partial charge in [-0.3, -0.25) is 4.79 Å².